The molecule has 0 radical (unpaired) electrons. The van der Waals surface area contributed by atoms with Crippen molar-refractivity contribution >= 4 is 0 Å². The first-order valence-corrected chi connectivity index (χ1v) is 7.99. The number of rotatable bonds is 7. The van der Waals surface area contributed by atoms with E-state index in [1.165, 1.54) is 25.7 Å². The predicted octanol–water partition coefficient (Wildman–Crippen LogP) is 4.26. The lowest BCUT2D eigenvalue weighted by atomic mass is 9.76. The second-order valence-corrected chi connectivity index (χ2v) is 6.72. The maximum absolute atomic E-state index is 5.99. The van der Waals surface area contributed by atoms with Gasteiger partial charge in [-0.2, -0.15) is 0 Å². The van der Waals surface area contributed by atoms with Crippen LogP contribution in [0.3, 0.4) is 0 Å². The van der Waals surface area contributed by atoms with E-state index >= 15 is 0 Å². The lowest BCUT2D eigenvalue weighted by Gasteiger charge is -2.34. The molecular weight excluding hydrogens is 250 g/mol. The summed E-state index contributed by atoms with van der Waals surface area (Å²) >= 11 is 0. The van der Waals surface area contributed by atoms with Crippen molar-refractivity contribution in [3.05, 3.63) is 23.7 Å². The zero-order chi connectivity index (χ0) is 14.4. The molecule has 0 unspecified atom stereocenters. The van der Waals surface area contributed by atoms with E-state index in [0.29, 0.717) is 18.1 Å². The van der Waals surface area contributed by atoms with Gasteiger partial charge in [-0.05, 0) is 56.2 Å². The smallest absolute Gasteiger partial charge is 0.129 e. The van der Waals surface area contributed by atoms with Gasteiger partial charge in [0.25, 0.3) is 0 Å². The van der Waals surface area contributed by atoms with E-state index in [9.17, 15) is 0 Å². The summed E-state index contributed by atoms with van der Waals surface area (Å²) in [7, 11) is 0. The van der Waals surface area contributed by atoms with Crippen molar-refractivity contribution in [3.8, 4) is 0 Å². The van der Waals surface area contributed by atoms with Gasteiger partial charge in [0.1, 0.15) is 18.1 Å². The summed E-state index contributed by atoms with van der Waals surface area (Å²) in [4.78, 5) is 0. The van der Waals surface area contributed by atoms with E-state index in [1.807, 2.05) is 12.1 Å². The Hall–Kier alpha value is -0.800. The van der Waals surface area contributed by atoms with Crippen LogP contribution < -0.4 is 5.32 Å². The molecule has 0 bridgehead atoms. The molecule has 1 saturated carbocycles. The fourth-order valence-electron chi connectivity index (χ4n) is 2.72. The van der Waals surface area contributed by atoms with Crippen molar-refractivity contribution in [1.82, 2.24) is 5.32 Å². The highest BCUT2D eigenvalue weighted by molar-refractivity contribution is 5.06. The fourth-order valence-corrected chi connectivity index (χ4v) is 2.72. The van der Waals surface area contributed by atoms with Crippen LogP contribution in [0.15, 0.2) is 16.5 Å². The van der Waals surface area contributed by atoms with Gasteiger partial charge >= 0.3 is 0 Å². The molecule has 1 N–H and O–H groups in total. The van der Waals surface area contributed by atoms with Crippen molar-refractivity contribution < 1.29 is 9.15 Å². The molecular formula is C17H29NO2. The van der Waals surface area contributed by atoms with Crippen LogP contribution in [-0.4, -0.2) is 12.6 Å². The van der Waals surface area contributed by atoms with Gasteiger partial charge in [-0.15, -0.1) is 0 Å². The highest BCUT2D eigenvalue weighted by atomic mass is 16.5. The molecule has 114 valence electrons. The maximum atomic E-state index is 5.99. The van der Waals surface area contributed by atoms with Crippen molar-refractivity contribution in [2.45, 2.75) is 72.1 Å². The Balaban J connectivity index is 1.69. The number of nitrogens with one attached hydrogen (secondary N) is 1. The van der Waals surface area contributed by atoms with Gasteiger partial charge in [0, 0.05) is 0 Å². The largest absolute Gasteiger partial charge is 0.462 e. The fraction of sp³-hybridized carbons (Fsp3) is 0.765. The van der Waals surface area contributed by atoms with Crippen LogP contribution in [0.5, 0.6) is 0 Å². The van der Waals surface area contributed by atoms with Gasteiger partial charge in [0.15, 0.2) is 0 Å². The van der Waals surface area contributed by atoms with Gasteiger partial charge in [-0.3, -0.25) is 0 Å². The van der Waals surface area contributed by atoms with E-state index < -0.39 is 0 Å². The van der Waals surface area contributed by atoms with E-state index in [2.05, 4.69) is 26.1 Å². The lowest BCUT2D eigenvalue weighted by Crippen LogP contribution is -2.26. The van der Waals surface area contributed by atoms with Crippen LogP contribution >= 0.6 is 0 Å². The molecule has 3 nitrogen and oxygen atoms in total. The monoisotopic (exact) mass is 279 g/mol. The summed E-state index contributed by atoms with van der Waals surface area (Å²) in [6.45, 7) is 9.32. The average molecular weight is 279 g/mol. The van der Waals surface area contributed by atoms with Gasteiger partial charge in [0.05, 0.1) is 12.6 Å². The predicted molar refractivity (Wildman–Crippen MR) is 81.5 cm³/mol. The zero-order valence-electron chi connectivity index (χ0n) is 13.2. The van der Waals surface area contributed by atoms with E-state index in [1.54, 1.807) is 0 Å². The first kappa shape index (κ1) is 15.6. The normalized spacial score (nSPS) is 19.4. The Morgan fingerprint density at radius 1 is 1.25 bits per heavy atom. The highest BCUT2D eigenvalue weighted by Crippen LogP contribution is 2.36. The second-order valence-electron chi connectivity index (χ2n) is 6.72. The summed E-state index contributed by atoms with van der Waals surface area (Å²) in [5.74, 6) is 1.95. The first-order valence-electron chi connectivity index (χ1n) is 7.99. The van der Waals surface area contributed by atoms with Crippen molar-refractivity contribution in [2.24, 2.45) is 5.41 Å². The molecule has 3 heteroatoms. The molecule has 0 spiro atoms. The molecule has 1 aromatic heterocycles. The molecule has 0 aliphatic heterocycles. The number of ether oxygens (including phenoxy) is 1. The van der Waals surface area contributed by atoms with Crippen LogP contribution in [0.2, 0.25) is 0 Å². The summed E-state index contributed by atoms with van der Waals surface area (Å²) in [5.41, 5.74) is 0.503. The molecule has 0 aromatic carbocycles. The number of hydrogen-bond acceptors (Lipinski definition) is 3. The summed E-state index contributed by atoms with van der Waals surface area (Å²) < 4.78 is 11.8. The second kappa shape index (κ2) is 7.28. The number of furan rings is 1. The van der Waals surface area contributed by atoms with E-state index in [0.717, 1.165) is 31.0 Å². The Morgan fingerprint density at radius 2 is 1.95 bits per heavy atom. The van der Waals surface area contributed by atoms with Crippen molar-refractivity contribution in [1.29, 1.82) is 0 Å². The van der Waals surface area contributed by atoms with Gasteiger partial charge in [0.2, 0.25) is 0 Å². The van der Waals surface area contributed by atoms with E-state index in [4.69, 9.17) is 9.15 Å². The summed E-state index contributed by atoms with van der Waals surface area (Å²) in [6, 6.07) is 4.08. The summed E-state index contributed by atoms with van der Waals surface area (Å²) in [5, 5.41) is 3.34. The Labute approximate surface area is 123 Å². The molecule has 0 atom stereocenters. The molecule has 0 amide bonds. The Kier molecular flexibility index (Phi) is 5.67. The average Bonchev–Trinajstić information content (AvgIpc) is 2.86. The number of hydrogen-bond donors (Lipinski definition) is 1. The van der Waals surface area contributed by atoms with Gasteiger partial charge in [-0.1, -0.05) is 20.8 Å². The van der Waals surface area contributed by atoms with Crippen LogP contribution in [-0.2, 0) is 17.9 Å². The zero-order valence-corrected chi connectivity index (χ0v) is 13.2. The molecule has 2 rings (SSSR count). The molecule has 1 aliphatic rings. The Bertz CT molecular complexity index is 387. The quantitative estimate of drug-likeness (QED) is 0.757. The third kappa shape index (κ3) is 4.95. The minimum atomic E-state index is 0.412. The minimum absolute atomic E-state index is 0.412. The van der Waals surface area contributed by atoms with Crippen molar-refractivity contribution in [3.63, 3.8) is 0 Å². The van der Waals surface area contributed by atoms with Crippen molar-refractivity contribution in [2.75, 3.05) is 6.54 Å². The first-order chi connectivity index (χ1) is 9.59. The van der Waals surface area contributed by atoms with Crippen LogP contribution in [0, 0.1) is 5.41 Å². The van der Waals surface area contributed by atoms with Gasteiger partial charge in [-0.25, -0.2) is 0 Å². The van der Waals surface area contributed by atoms with E-state index in [-0.39, 0.29) is 0 Å². The minimum Gasteiger partial charge on any atom is -0.462 e. The summed E-state index contributed by atoms with van der Waals surface area (Å²) in [6.07, 6.45) is 6.45. The van der Waals surface area contributed by atoms with Crippen LogP contribution in [0.25, 0.3) is 0 Å². The molecule has 1 heterocycles. The highest BCUT2D eigenvalue weighted by Gasteiger charge is 2.27. The maximum Gasteiger partial charge on any atom is 0.129 e. The van der Waals surface area contributed by atoms with Crippen LogP contribution in [0.1, 0.15) is 64.4 Å². The molecule has 1 aromatic rings. The molecule has 1 fully saturated rings. The van der Waals surface area contributed by atoms with Gasteiger partial charge < -0.3 is 14.5 Å². The van der Waals surface area contributed by atoms with Crippen LogP contribution in [0.4, 0.5) is 0 Å². The third-order valence-electron chi connectivity index (χ3n) is 4.19. The lowest BCUT2D eigenvalue weighted by molar-refractivity contribution is -0.0123. The standard InChI is InChI=1S/C17H29NO2/c1-4-11-18-12-15-5-6-16(20-15)13-19-14-7-9-17(2,3)10-8-14/h5-6,14,18H,4,7-13H2,1-3H3. The molecule has 0 saturated heterocycles. The topological polar surface area (TPSA) is 34.4 Å². The molecule has 1 aliphatic carbocycles. The Morgan fingerprint density at radius 3 is 2.65 bits per heavy atom. The SMILES string of the molecule is CCCNCc1ccc(COC2CCC(C)(C)CC2)o1. The third-order valence-corrected chi connectivity index (χ3v) is 4.19. The molecule has 20 heavy (non-hydrogen) atoms.